The van der Waals surface area contributed by atoms with Crippen LogP contribution in [0, 0.1) is 5.95 Å². The Labute approximate surface area is 236 Å². The second kappa shape index (κ2) is 14.9. The molecule has 6 heteroatoms. The van der Waals surface area contributed by atoms with Crippen molar-refractivity contribution >= 4 is 27.8 Å². The summed E-state index contributed by atoms with van der Waals surface area (Å²) in [6.45, 7) is 4.82. The van der Waals surface area contributed by atoms with Crippen LogP contribution in [-0.2, 0) is 4.79 Å². The number of carbonyl (C=O) groups is 1. The minimum atomic E-state index is -0.438. The van der Waals surface area contributed by atoms with Crippen molar-refractivity contribution < 1.29 is 13.9 Å². The zero-order chi connectivity index (χ0) is 28.2. The molecule has 0 aliphatic carbocycles. The second-order valence-corrected chi connectivity index (χ2v) is 9.90. The predicted octanol–water partition coefficient (Wildman–Crippen LogP) is 8.72. The summed E-state index contributed by atoms with van der Waals surface area (Å²) in [4.78, 5) is 16.3. The van der Waals surface area contributed by atoms with E-state index >= 15 is 0 Å². The van der Waals surface area contributed by atoms with Crippen molar-refractivity contribution in [2.45, 2.75) is 65.2 Å². The van der Waals surface area contributed by atoms with Crippen molar-refractivity contribution in [3.63, 3.8) is 0 Å². The van der Waals surface area contributed by atoms with Gasteiger partial charge in [-0.3, -0.25) is 9.89 Å². The quantitative estimate of drug-likeness (QED) is 0.0932. The van der Waals surface area contributed by atoms with Crippen LogP contribution in [0.1, 0.15) is 81.9 Å². The number of fused-ring (bicyclic) bond motifs is 1. The zero-order valence-corrected chi connectivity index (χ0v) is 23.5. The van der Waals surface area contributed by atoms with Crippen LogP contribution in [0.4, 0.5) is 4.39 Å². The van der Waals surface area contributed by atoms with Gasteiger partial charge in [-0.1, -0.05) is 62.7 Å². The van der Waals surface area contributed by atoms with Gasteiger partial charge in [0.25, 0.3) is 0 Å². The van der Waals surface area contributed by atoms with E-state index in [2.05, 4.69) is 41.2 Å². The third kappa shape index (κ3) is 7.75. The van der Waals surface area contributed by atoms with E-state index in [9.17, 15) is 9.18 Å². The standard InChI is InChI=1S/C34H38FN3O2/c1-3-5-16-28(39)17-12-7-6-8-13-22-40-32-21-19-27(24-36-32)33(29(4-2)25-14-10-9-11-15-25)26-18-20-31-30(23-26)34(35)38-37-31/h9-12,14-15,17-21,23-24H,3-8,13,16,22H2,1-2H3,(H,37,38)/b17-12+,33-29-. The van der Waals surface area contributed by atoms with Gasteiger partial charge in [0.05, 0.1) is 17.5 Å². The van der Waals surface area contributed by atoms with Crippen LogP contribution < -0.4 is 4.74 Å². The maximum absolute atomic E-state index is 14.4. The molecule has 4 aromatic rings. The van der Waals surface area contributed by atoms with E-state index in [0.29, 0.717) is 29.8 Å². The summed E-state index contributed by atoms with van der Waals surface area (Å²) in [5.41, 5.74) is 5.73. The number of aromatic nitrogens is 3. The molecule has 0 bridgehead atoms. The highest BCUT2D eigenvalue weighted by atomic mass is 19.1. The number of ketones is 1. The highest BCUT2D eigenvalue weighted by molar-refractivity contribution is 6.00. The summed E-state index contributed by atoms with van der Waals surface area (Å²) >= 11 is 0. The Morgan fingerprint density at radius 2 is 1.77 bits per heavy atom. The average molecular weight is 540 g/mol. The number of H-pyrrole nitrogens is 1. The van der Waals surface area contributed by atoms with E-state index in [0.717, 1.165) is 72.8 Å². The minimum Gasteiger partial charge on any atom is -0.478 e. The smallest absolute Gasteiger partial charge is 0.216 e. The van der Waals surface area contributed by atoms with E-state index in [-0.39, 0.29) is 5.78 Å². The summed E-state index contributed by atoms with van der Waals surface area (Å²) in [6, 6.07) is 19.8. The van der Waals surface area contributed by atoms with Crippen molar-refractivity contribution in [2.24, 2.45) is 0 Å². The molecule has 2 heterocycles. The molecule has 40 heavy (non-hydrogen) atoms. The first kappa shape index (κ1) is 28.9. The number of aromatic amines is 1. The molecule has 0 atom stereocenters. The molecule has 0 saturated heterocycles. The SMILES string of the molecule is CCCCC(=O)/C=C/CCCCCOc1ccc(/C(=C(/CC)c2ccccc2)c2ccc3n[nH]c(F)c3c2)cn1. The van der Waals surface area contributed by atoms with Gasteiger partial charge >= 0.3 is 0 Å². The number of rotatable bonds is 15. The topological polar surface area (TPSA) is 67.9 Å². The third-order valence-electron chi connectivity index (χ3n) is 6.94. The Morgan fingerprint density at radius 3 is 2.52 bits per heavy atom. The molecule has 0 aliphatic rings. The molecule has 208 valence electrons. The Balaban J connectivity index is 1.43. The predicted molar refractivity (Wildman–Crippen MR) is 161 cm³/mol. The van der Waals surface area contributed by atoms with E-state index in [4.69, 9.17) is 4.74 Å². The number of benzene rings is 2. The van der Waals surface area contributed by atoms with Crippen LogP contribution in [0.25, 0.3) is 22.0 Å². The first-order chi connectivity index (χ1) is 19.6. The normalized spacial score (nSPS) is 12.2. The summed E-state index contributed by atoms with van der Waals surface area (Å²) in [6.07, 6.45) is 12.9. The van der Waals surface area contributed by atoms with Crippen LogP contribution in [-0.4, -0.2) is 27.6 Å². The summed E-state index contributed by atoms with van der Waals surface area (Å²) in [5.74, 6) is 0.368. The number of allylic oxidation sites excluding steroid dienone is 3. The van der Waals surface area contributed by atoms with E-state index < -0.39 is 5.95 Å². The third-order valence-corrected chi connectivity index (χ3v) is 6.94. The Kier molecular flexibility index (Phi) is 10.8. The lowest BCUT2D eigenvalue weighted by molar-refractivity contribution is -0.114. The second-order valence-electron chi connectivity index (χ2n) is 9.90. The molecular formula is C34H38FN3O2. The number of hydrogen-bond donors (Lipinski definition) is 1. The molecule has 0 fully saturated rings. The molecule has 0 saturated carbocycles. The van der Waals surface area contributed by atoms with Crippen molar-refractivity contribution in [1.82, 2.24) is 15.2 Å². The minimum absolute atomic E-state index is 0.224. The van der Waals surface area contributed by atoms with Gasteiger partial charge in [-0.15, -0.1) is 0 Å². The van der Waals surface area contributed by atoms with Gasteiger partial charge in [-0.2, -0.15) is 9.49 Å². The van der Waals surface area contributed by atoms with Crippen LogP contribution >= 0.6 is 0 Å². The molecule has 0 aliphatic heterocycles. The van der Waals surface area contributed by atoms with Crippen molar-refractivity contribution in [1.29, 1.82) is 0 Å². The first-order valence-corrected chi connectivity index (χ1v) is 14.3. The fraction of sp³-hybridized carbons (Fsp3) is 0.324. The maximum atomic E-state index is 14.4. The van der Waals surface area contributed by atoms with Gasteiger partial charge in [-0.25, -0.2) is 4.98 Å². The molecule has 2 aromatic heterocycles. The lowest BCUT2D eigenvalue weighted by Gasteiger charge is -2.16. The van der Waals surface area contributed by atoms with Gasteiger partial charge in [0.2, 0.25) is 11.8 Å². The van der Waals surface area contributed by atoms with Gasteiger partial charge in [0.1, 0.15) is 0 Å². The van der Waals surface area contributed by atoms with Gasteiger partial charge in [0, 0.05) is 24.2 Å². The molecule has 5 nitrogen and oxygen atoms in total. The van der Waals surface area contributed by atoms with Gasteiger partial charge < -0.3 is 4.74 Å². The van der Waals surface area contributed by atoms with E-state index in [1.54, 1.807) is 6.08 Å². The number of nitrogens with one attached hydrogen (secondary N) is 1. The highest BCUT2D eigenvalue weighted by Gasteiger charge is 2.16. The summed E-state index contributed by atoms with van der Waals surface area (Å²) < 4.78 is 20.3. The summed E-state index contributed by atoms with van der Waals surface area (Å²) in [7, 11) is 0. The van der Waals surface area contributed by atoms with E-state index in [1.807, 2.05) is 60.8 Å². The number of carbonyl (C=O) groups excluding carboxylic acids is 1. The molecule has 4 rings (SSSR count). The van der Waals surface area contributed by atoms with Gasteiger partial charge in [-0.05, 0) is 85.1 Å². The van der Waals surface area contributed by atoms with Crippen LogP contribution in [0.3, 0.4) is 0 Å². The zero-order valence-electron chi connectivity index (χ0n) is 23.5. The number of unbranched alkanes of at least 4 members (excludes halogenated alkanes) is 4. The first-order valence-electron chi connectivity index (χ1n) is 14.3. The highest BCUT2D eigenvalue weighted by Crippen LogP contribution is 2.35. The van der Waals surface area contributed by atoms with Crippen LogP contribution in [0.5, 0.6) is 5.88 Å². The molecule has 1 N–H and O–H groups in total. The number of hydrogen-bond acceptors (Lipinski definition) is 4. The Hall–Kier alpha value is -4.06. The molecule has 0 unspecified atom stereocenters. The number of ether oxygens (including phenoxy) is 1. The summed E-state index contributed by atoms with van der Waals surface area (Å²) in [5, 5.41) is 6.94. The van der Waals surface area contributed by atoms with Crippen molar-refractivity contribution in [3.05, 3.63) is 102 Å². The number of pyridine rings is 1. The molecular weight excluding hydrogens is 501 g/mol. The molecule has 0 radical (unpaired) electrons. The molecule has 2 aromatic carbocycles. The Bertz CT molecular complexity index is 1440. The Morgan fingerprint density at radius 1 is 0.950 bits per heavy atom. The largest absolute Gasteiger partial charge is 0.478 e. The van der Waals surface area contributed by atoms with Gasteiger partial charge in [0.15, 0.2) is 5.78 Å². The molecule has 0 spiro atoms. The van der Waals surface area contributed by atoms with Crippen molar-refractivity contribution in [3.8, 4) is 5.88 Å². The fourth-order valence-electron chi connectivity index (χ4n) is 4.79. The van der Waals surface area contributed by atoms with Crippen molar-refractivity contribution in [2.75, 3.05) is 6.61 Å². The lowest BCUT2D eigenvalue weighted by atomic mass is 9.88. The van der Waals surface area contributed by atoms with Crippen LogP contribution in [0.15, 0.2) is 79.0 Å². The maximum Gasteiger partial charge on any atom is 0.216 e. The van der Waals surface area contributed by atoms with E-state index in [1.165, 1.54) is 0 Å². The average Bonchev–Trinajstić information content (AvgIpc) is 3.36. The number of nitrogens with zero attached hydrogens (tertiary/aromatic N) is 2. The molecule has 0 amide bonds. The lowest BCUT2D eigenvalue weighted by Crippen LogP contribution is -2.00. The fourth-order valence-corrected chi connectivity index (χ4v) is 4.79. The monoisotopic (exact) mass is 539 g/mol. The number of halogens is 1. The van der Waals surface area contributed by atoms with Crippen LogP contribution in [0.2, 0.25) is 0 Å².